The molecule has 0 bridgehead atoms. The number of benzene rings is 1. The molecule has 0 aliphatic heterocycles. The monoisotopic (exact) mass is 258 g/mol. The van der Waals surface area contributed by atoms with Crippen molar-refractivity contribution in [1.29, 1.82) is 0 Å². The van der Waals surface area contributed by atoms with Crippen molar-refractivity contribution < 1.29 is 14.3 Å². The molecule has 1 aliphatic rings. The van der Waals surface area contributed by atoms with Gasteiger partial charge in [0.15, 0.2) is 5.78 Å². The number of hydrogen-bond donors (Lipinski definition) is 0. The van der Waals surface area contributed by atoms with Gasteiger partial charge in [0.05, 0.1) is 6.61 Å². The van der Waals surface area contributed by atoms with E-state index in [1.165, 1.54) is 0 Å². The first-order valence-electron chi connectivity index (χ1n) is 6.69. The zero-order valence-electron chi connectivity index (χ0n) is 11.1. The Morgan fingerprint density at radius 1 is 1.32 bits per heavy atom. The smallest absolute Gasteiger partial charge is 0.306 e. The molecule has 0 saturated heterocycles. The molecule has 0 atom stereocenters. The minimum absolute atomic E-state index is 0.103. The molecule has 3 nitrogen and oxygen atoms in total. The molecule has 0 heterocycles. The Morgan fingerprint density at radius 3 is 2.89 bits per heavy atom. The normalized spacial score (nSPS) is 16.3. The zero-order valence-corrected chi connectivity index (χ0v) is 11.1. The number of carbonyl (C=O) groups is 2. The summed E-state index contributed by atoms with van der Waals surface area (Å²) >= 11 is 0. The van der Waals surface area contributed by atoms with Crippen LogP contribution >= 0.6 is 0 Å². The van der Waals surface area contributed by atoms with E-state index in [1.54, 1.807) is 6.92 Å². The van der Waals surface area contributed by atoms with Crippen molar-refractivity contribution in [3.8, 4) is 0 Å². The Labute approximate surface area is 113 Å². The summed E-state index contributed by atoms with van der Waals surface area (Å²) in [5, 5.41) is 0. The van der Waals surface area contributed by atoms with Gasteiger partial charge in [0.2, 0.25) is 0 Å². The number of carbonyl (C=O) groups excluding carboxylic acids is 2. The van der Waals surface area contributed by atoms with Gasteiger partial charge < -0.3 is 4.74 Å². The fourth-order valence-electron chi connectivity index (χ4n) is 2.31. The van der Waals surface area contributed by atoms with Crippen molar-refractivity contribution in [2.45, 2.75) is 32.6 Å². The SMILES string of the molecule is CCOC(=O)CC/C=C1/CCc2ccccc2C1=O. The van der Waals surface area contributed by atoms with Crippen molar-refractivity contribution >= 4 is 11.8 Å². The highest BCUT2D eigenvalue weighted by Gasteiger charge is 2.20. The lowest BCUT2D eigenvalue weighted by atomic mass is 9.86. The molecule has 19 heavy (non-hydrogen) atoms. The Bertz CT molecular complexity index is 514. The summed E-state index contributed by atoms with van der Waals surface area (Å²) < 4.78 is 4.86. The van der Waals surface area contributed by atoms with Crippen LogP contribution in [-0.4, -0.2) is 18.4 Å². The number of hydrogen-bond acceptors (Lipinski definition) is 3. The van der Waals surface area contributed by atoms with Crippen molar-refractivity contribution in [3.63, 3.8) is 0 Å². The lowest BCUT2D eigenvalue weighted by molar-refractivity contribution is -0.143. The number of esters is 1. The molecule has 1 aromatic carbocycles. The zero-order chi connectivity index (χ0) is 13.7. The maximum atomic E-state index is 12.2. The van der Waals surface area contributed by atoms with Gasteiger partial charge in [-0.15, -0.1) is 0 Å². The Kier molecular flexibility index (Phi) is 4.50. The first-order chi connectivity index (χ1) is 9.22. The van der Waals surface area contributed by atoms with Crippen LogP contribution in [0.3, 0.4) is 0 Å². The van der Waals surface area contributed by atoms with Crippen LogP contribution in [0.4, 0.5) is 0 Å². The van der Waals surface area contributed by atoms with E-state index in [2.05, 4.69) is 0 Å². The summed E-state index contributed by atoms with van der Waals surface area (Å²) in [6, 6.07) is 7.72. The summed E-state index contributed by atoms with van der Waals surface area (Å²) in [6.45, 7) is 2.19. The maximum absolute atomic E-state index is 12.2. The average molecular weight is 258 g/mol. The van der Waals surface area contributed by atoms with Gasteiger partial charge in [0, 0.05) is 12.0 Å². The average Bonchev–Trinajstić information content (AvgIpc) is 2.42. The molecule has 0 N–H and O–H groups in total. The molecule has 100 valence electrons. The number of aryl methyl sites for hydroxylation is 1. The van der Waals surface area contributed by atoms with Gasteiger partial charge in [-0.25, -0.2) is 0 Å². The van der Waals surface area contributed by atoms with Crippen LogP contribution in [0, 0.1) is 0 Å². The first-order valence-corrected chi connectivity index (χ1v) is 6.69. The van der Waals surface area contributed by atoms with E-state index < -0.39 is 0 Å². The molecule has 0 fully saturated rings. The van der Waals surface area contributed by atoms with Gasteiger partial charge in [0.1, 0.15) is 0 Å². The summed E-state index contributed by atoms with van der Waals surface area (Å²) in [6.07, 6.45) is 4.45. The van der Waals surface area contributed by atoms with Crippen molar-refractivity contribution in [3.05, 3.63) is 47.0 Å². The van der Waals surface area contributed by atoms with Crippen LogP contribution in [0.25, 0.3) is 0 Å². The van der Waals surface area contributed by atoms with Gasteiger partial charge >= 0.3 is 5.97 Å². The van der Waals surface area contributed by atoms with E-state index in [4.69, 9.17) is 4.74 Å². The third-order valence-corrected chi connectivity index (χ3v) is 3.26. The Morgan fingerprint density at radius 2 is 2.11 bits per heavy atom. The van der Waals surface area contributed by atoms with E-state index in [0.717, 1.165) is 29.5 Å². The quantitative estimate of drug-likeness (QED) is 0.615. The Hall–Kier alpha value is -1.90. The molecule has 0 saturated carbocycles. The van der Waals surface area contributed by atoms with Crippen molar-refractivity contribution in [2.24, 2.45) is 0 Å². The fourth-order valence-corrected chi connectivity index (χ4v) is 2.31. The largest absolute Gasteiger partial charge is 0.466 e. The fraction of sp³-hybridized carbons (Fsp3) is 0.375. The molecule has 1 aromatic rings. The van der Waals surface area contributed by atoms with Gasteiger partial charge in [-0.3, -0.25) is 9.59 Å². The number of ether oxygens (including phenoxy) is 1. The van der Waals surface area contributed by atoms with Crippen LogP contribution in [-0.2, 0) is 16.0 Å². The molecule has 1 aliphatic carbocycles. The minimum Gasteiger partial charge on any atom is -0.466 e. The van der Waals surface area contributed by atoms with Crippen molar-refractivity contribution in [1.82, 2.24) is 0 Å². The highest BCUT2D eigenvalue weighted by Crippen LogP contribution is 2.25. The molecule has 0 amide bonds. The lowest BCUT2D eigenvalue weighted by Crippen LogP contribution is -2.14. The van der Waals surface area contributed by atoms with Crippen LogP contribution in [0.5, 0.6) is 0 Å². The molecular formula is C16H18O3. The standard InChI is InChI=1S/C16H18O3/c1-2-19-15(17)9-5-7-13-11-10-12-6-3-4-8-14(12)16(13)18/h3-4,6-8H,2,5,9-11H2,1H3/b13-7-. The third kappa shape index (κ3) is 3.31. The molecule has 2 rings (SSSR count). The second-order valence-electron chi connectivity index (χ2n) is 4.56. The van der Waals surface area contributed by atoms with Gasteiger partial charge in [0.25, 0.3) is 0 Å². The van der Waals surface area contributed by atoms with E-state index in [1.807, 2.05) is 30.3 Å². The van der Waals surface area contributed by atoms with Crippen LogP contribution in [0.15, 0.2) is 35.9 Å². The number of allylic oxidation sites excluding steroid dienone is 2. The molecule has 0 spiro atoms. The van der Waals surface area contributed by atoms with Crippen LogP contribution < -0.4 is 0 Å². The predicted molar refractivity (Wildman–Crippen MR) is 73.0 cm³/mol. The molecule has 0 radical (unpaired) electrons. The van der Waals surface area contributed by atoms with E-state index in [0.29, 0.717) is 19.4 Å². The second kappa shape index (κ2) is 6.32. The Balaban J connectivity index is 2.00. The highest BCUT2D eigenvalue weighted by atomic mass is 16.5. The number of rotatable bonds is 4. The number of Topliss-reactive ketones (excluding diaryl/α,β-unsaturated/α-hetero) is 1. The molecule has 0 aromatic heterocycles. The van der Waals surface area contributed by atoms with Gasteiger partial charge in [-0.1, -0.05) is 30.3 Å². The summed E-state index contributed by atoms with van der Waals surface area (Å²) in [5.41, 5.74) is 2.74. The topological polar surface area (TPSA) is 43.4 Å². The predicted octanol–water partition coefficient (Wildman–Crippen LogP) is 3.09. The highest BCUT2D eigenvalue weighted by molar-refractivity contribution is 6.10. The third-order valence-electron chi connectivity index (χ3n) is 3.26. The lowest BCUT2D eigenvalue weighted by Gasteiger charge is -2.17. The summed E-state index contributed by atoms with van der Waals surface area (Å²) in [7, 11) is 0. The summed E-state index contributed by atoms with van der Waals surface area (Å²) in [4.78, 5) is 23.5. The molecule has 0 unspecified atom stereocenters. The van der Waals surface area contributed by atoms with Crippen LogP contribution in [0.2, 0.25) is 0 Å². The van der Waals surface area contributed by atoms with Crippen LogP contribution in [0.1, 0.15) is 42.1 Å². The van der Waals surface area contributed by atoms with Gasteiger partial charge in [-0.05, 0) is 37.3 Å². The van der Waals surface area contributed by atoms with Gasteiger partial charge in [-0.2, -0.15) is 0 Å². The van der Waals surface area contributed by atoms with E-state index >= 15 is 0 Å². The maximum Gasteiger partial charge on any atom is 0.306 e. The molecule has 3 heteroatoms. The minimum atomic E-state index is -0.206. The second-order valence-corrected chi connectivity index (χ2v) is 4.56. The number of fused-ring (bicyclic) bond motifs is 1. The van der Waals surface area contributed by atoms with E-state index in [-0.39, 0.29) is 11.8 Å². The van der Waals surface area contributed by atoms with E-state index in [9.17, 15) is 9.59 Å². The van der Waals surface area contributed by atoms with Crippen molar-refractivity contribution in [2.75, 3.05) is 6.61 Å². The first kappa shape index (κ1) is 13.5. The molecular weight excluding hydrogens is 240 g/mol. The number of ketones is 1. The summed E-state index contributed by atoms with van der Waals surface area (Å²) in [5.74, 6) is -0.103.